The lowest BCUT2D eigenvalue weighted by atomic mass is 10.1. The number of aromatic nitrogens is 2. The molecule has 0 unspecified atom stereocenters. The van der Waals surface area contributed by atoms with Crippen molar-refractivity contribution in [3.63, 3.8) is 0 Å². The molecule has 25 heavy (non-hydrogen) atoms. The largest absolute Gasteiger partial charge is 0.462 e. The van der Waals surface area contributed by atoms with Gasteiger partial charge in [0.15, 0.2) is 0 Å². The highest BCUT2D eigenvalue weighted by Crippen LogP contribution is 2.46. The van der Waals surface area contributed by atoms with Crippen LogP contribution in [0.4, 0.5) is 0 Å². The summed E-state index contributed by atoms with van der Waals surface area (Å²) in [6.45, 7) is 4.33. The molecule has 1 amide bonds. The molecule has 0 N–H and O–H groups in total. The molecule has 1 aliphatic carbocycles. The number of piperidine rings is 1. The molecule has 2 atom stereocenters. The van der Waals surface area contributed by atoms with Gasteiger partial charge >= 0.3 is 5.97 Å². The number of rotatable bonds is 6. The molecule has 1 aromatic carbocycles. The van der Waals surface area contributed by atoms with Gasteiger partial charge < -0.3 is 9.64 Å². The maximum absolute atomic E-state index is 12.0. The lowest BCUT2D eigenvalue weighted by molar-refractivity contribution is -0.130. The van der Waals surface area contributed by atoms with Gasteiger partial charge in [0.05, 0.1) is 24.9 Å². The number of hydrogen-bond donors (Lipinski definition) is 0. The lowest BCUT2D eigenvalue weighted by Crippen LogP contribution is -2.27. The van der Waals surface area contributed by atoms with Gasteiger partial charge in [-0.05, 0) is 30.4 Å². The highest BCUT2D eigenvalue weighted by atomic mass is 16.5. The van der Waals surface area contributed by atoms with Crippen molar-refractivity contribution in [2.75, 3.05) is 13.2 Å². The first-order valence-corrected chi connectivity index (χ1v) is 8.70. The number of ether oxygens (including phenoxy) is 1. The number of benzene rings is 1. The SMILES string of the molecule is CCOC(=O)c1cnn(Cc2ccc(CN3C[C@@H]4C[C@@H]4C3=O)cc2)c1. The zero-order valence-corrected chi connectivity index (χ0v) is 14.2. The Morgan fingerprint density at radius 1 is 1.24 bits per heavy atom. The number of esters is 1. The van der Waals surface area contributed by atoms with E-state index >= 15 is 0 Å². The van der Waals surface area contributed by atoms with Crippen LogP contribution in [0.2, 0.25) is 0 Å². The van der Waals surface area contributed by atoms with Crippen LogP contribution >= 0.6 is 0 Å². The predicted molar refractivity (Wildman–Crippen MR) is 90.7 cm³/mol. The van der Waals surface area contributed by atoms with Crippen LogP contribution in [0.1, 0.15) is 34.8 Å². The minimum absolute atomic E-state index is 0.313. The summed E-state index contributed by atoms with van der Waals surface area (Å²) in [5.74, 6) is 0.891. The minimum atomic E-state index is -0.350. The summed E-state index contributed by atoms with van der Waals surface area (Å²) >= 11 is 0. The molecule has 1 aromatic heterocycles. The molecule has 0 radical (unpaired) electrons. The van der Waals surface area contributed by atoms with Gasteiger partial charge in [-0.1, -0.05) is 24.3 Å². The molecule has 2 heterocycles. The number of hydrogen-bond acceptors (Lipinski definition) is 4. The van der Waals surface area contributed by atoms with Gasteiger partial charge in [-0.2, -0.15) is 5.10 Å². The number of carbonyl (C=O) groups is 2. The average molecular weight is 339 g/mol. The first-order chi connectivity index (χ1) is 12.1. The van der Waals surface area contributed by atoms with E-state index in [1.165, 1.54) is 6.20 Å². The quantitative estimate of drug-likeness (QED) is 0.756. The maximum Gasteiger partial charge on any atom is 0.341 e. The Hall–Kier alpha value is -2.63. The van der Waals surface area contributed by atoms with E-state index in [1.54, 1.807) is 17.8 Å². The first-order valence-electron chi connectivity index (χ1n) is 8.70. The van der Waals surface area contributed by atoms with E-state index in [1.807, 2.05) is 17.0 Å². The molecule has 1 saturated heterocycles. The Balaban J connectivity index is 1.36. The summed E-state index contributed by atoms with van der Waals surface area (Å²) in [5, 5.41) is 4.21. The molecule has 130 valence electrons. The third kappa shape index (κ3) is 3.29. The number of amides is 1. The molecule has 0 bridgehead atoms. The summed E-state index contributed by atoms with van der Waals surface area (Å²) in [4.78, 5) is 25.7. The van der Waals surface area contributed by atoms with E-state index in [2.05, 4.69) is 17.2 Å². The third-order valence-corrected chi connectivity index (χ3v) is 4.89. The summed E-state index contributed by atoms with van der Waals surface area (Å²) in [6.07, 6.45) is 4.31. The van der Waals surface area contributed by atoms with Gasteiger partial charge in [0.1, 0.15) is 0 Å². The second kappa shape index (κ2) is 6.35. The molecular formula is C19H21N3O3. The molecule has 1 aliphatic heterocycles. The Bertz CT molecular complexity index is 797. The zero-order chi connectivity index (χ0) is 17.4. The van der Waals surface area contributed by atoms with Gasteiger partial charge in [-0.25, -0.2) is 4.79 Å². The second-order valence-corrected chi connectivity index (χ2v) is 6.78. The topological polar surface area (TPSA) is 64.4 Å². The smallest absolute Gasteiger partial charge is 0.341 e. The van der Waals surface area contributed by atoms with Crippen molar-refractivity contribution in [1.82, 2.24) is 14.7 Å². The Morgan fingerprint density at radius 2 is 1.96 bits per heavy atom. The monoisotopic (exact) mass is 339 g/mol. The van der Waals surface area contributed by atoms with Crippen LogP contribution in [0.3, 0.4) is 0 Å². The molecule has 6 nitrogen and oxygen atoms in total. The highest BCUT2D eigenvalue weighted by Gasteiger charge is 2.51. The van der Waals surface area contributed by atoms with Crippen LogP contribution in [0.25, 0.3) is 0 Å². The summed E-state index contributed by atoms with van der Waals surface area (Å²) in [5.41, 5.74) is 2.70. The molecule has 6 heteroatoms. The van der Waals surface area contributed by atoms with E-state index in [-0.39, 0.29) is 5.97 Å². The molecular weight excluding hydrogens is 318 g/mol. The van der Waals surface area contributed by atoms with Crippen LogP contribution in [0, 0.1) is 11.8 Å². The maximum atomic E-state index is 12.0. The molecule has 2 aromatic rings. The fraction of sp³-hybridized carbons (Fsp3) is 0.421. The fourth-order valence-electron chi connectivity index (χ4n) is 3.43. The van der Waals surface area contributed by atoms with Crippen LogP contribution in [0.15, 0.2) is 36.7 Å². The van der Waals surface area contributed by atoms with Gasteiger partial charge in [0, 0.05) is 25.2 Å². The molecule has 2 aliphatic rings. The van der Waals surface area contributed by atoms with Gasteiger partial charge in [0.2, 0.25) is 5.91 Å². The zero-order valence-electron chi connectivity index (χ0n) is 14.2. The molecule has 4 rings (SSSR count). The van der Waals surface area contributed by atoms with Crippen molar-refractivity contribution in [2.45, 2.75) is 26.4 Å². The van der Waals surface area contributed by atoms with Gasteiger partial charge in [0.25, 0.3) is 0 Å². The predicted octanol–water partition coefficient (Wildman–Crippen LogP) is 2.09. The number of likely N-dealkylation sites (tertiary alicyclic amines) is 1. The van der Waals surface area contributed by atoms with Crippen molar-refractivity contribution in [1.29, 1.82) is 0 Å². The summed E-state index contributed by atoms with van der Waals surface area (Å²) < 4.78 is 6.69. The van der Waals surface area contributed by atoms with Crippen molar-refractivity contribution in [2.24, 2.45) is 11.8 Å². The Kier molecular flexibility index (Phi) is 4.03. The molecule has 0 spiro atoms. The molecule has 2 fully saturated rings. The van der Waals surface area contributed by atoms with Gasteiger partial charge in [-0.3, -0.25) is 9.48 Å². The van der Waals surface area contributed by atoms with Crippen molar-refractivity contribution >= 4 is 11.9 Å². The highest BCUT2D eigenvalue weighted by molar-refractivity contribution is 5.88. The van der Waals surface area contributed by atoms with Crippen molar-refractivity contribution in [3.8, 4) is 0 Å². The van der Waals surface area contributed by atoms with Crippen LogP contribution in [-0.4, -0.2) is 39.7 Å². The second-order valence-electron chi connectivity index (χ2n) is 6.78. The first kappa shape index (κ1) is 15.9. The number of fused-ring (bicyclic) bond motifs is 1. The van der Waals surface area contributed by atoms with Crippen molar-refractivity contribution < 1.29 is 14.3 Å². The number of nitrogens with zero attached hydrogens (tertiary/aromatic N) is 3. The van der Waals surface area contributed by atoms with Crippen LogP contribution < -0.4 is 0 Å². The average Bonchev–Trinajstić information content (AvgIpc) is 3.10. The van der Waals surface area contributed by atoms with E-state index in [0.29, 0.717) is 43.0 Å². The standard InChI is InChI=1S/C19H21N3O3/c1-2-25-19(24)16-8-20-22(12-16)10-14-5-3-13(4-6-14)9-21-11-15-7-17(15)18(21)23/h3-6,8,12,15,17H,2,7,9-11H2,1H3/t15-,17-/m0/s1. The minimum Gasteiger partial charge on any atom is -0.462 e. The molecule has 1 saturated carbocycles. The van der Waals surface area contributed by atoms with Crippen molar-refractivity contribution in [3.05, 3.63) is 53.3 Å². The van der Waals surface area contributed by atoms with E-state index in [9.17, 15) is 9.59 Å². The van der Waals surface area contributed by atoms with Gasteiger partial charge in [-0.15, -0.1) is 0 Å². The van der Waals surface area contributed by atoms with E-state index in [4.69, 9.17) is 4.74 Å². The van der Waals surface area contributed by atoms with E-state index in [0.717, 1.165) is 24.1 Å². The fourth-order valence-corrected chi connectivity index (χ4v) is 3.43. The lowest BCUT2D eigenvalue weighted by Gasteiger charge is -2.18. The normalized spacial score (nSPS) is 21.3. The number of carbonyl (C=O) groups excluding carboxylic acids is 2. The van der Waals surface area contributed by atoms with Crippen LogP contribution in [0.5, 0.6) is 0 Å². The third-order valence-electron chi connectivity index (χ3n) is 4.89. The summed E-state index contributed by atoms with van der Waals surface area (Å²) in [7, 11) is 0. The van der Waals surface area contributed by atoms with E-state index < -0.39 is 0 Å². The summed E-state index contributed by atoms with van der Waals surface area (Å²) in [6, 6.07) is 8.20. The Labute approximate surface area is 146 Å². The van der Waals surface area contributed by atoms with Crippen LogP contribution in [-0.2, 0) is 22.6 Å². The Morgan fingerprint density at radius 3 is 2.60 bits per heavy atom.